The molecule has 27 heavy (non-hydrogen) atoms. The molecular formula is C19H21N5O3. The Balaban J connectivity index is 1.62. The first-order chi connectivity index (χ1) is 13.0. The van der Waals surface area contributed by atoms with Crippen LogP contribution in [0.25, 0.3) is 0 Å². The summed E-state index contributed by atoms with van der Waals surface area (Å²) >= 11 is 0. The fraction of sp³-hybridized carbons (Fsp3) is 0.368. The van der Waals surface area contributed by atoms with Gasteiger partial charge < -0.3 is 4.74 Å². The van der Waals surface area contributed by atoms with E-state index in [-0.39, 0.29) is 30.1 Å². The highest BCUT2D eigenvalue weighted by Crippen LogP contribution is 2.34. The number of hydrogen-bond acceptors (Lipinski definition) is 7. The van der Waals surface area contributed by atoms with E-state index in [1.54, 1.807) is 7.11 Å². The number of amides is 1. The Bertz CT molecular complexity index is 896. The molecule has 3 atom stereocenters. The van der Waals surface area contributed by atoms with Crippen LogP contribution in [0.1, 0.15) is 29.4 Å². The van der Waals surface area contributed by atoms with Gasteiger partial charge in [-0.3, -0.25) is 14.9 Å². The molecule has 4 rings (SSSR count). The zero-order chi connectivity index (χ0) is 19.1. The largest absolute Gasteiger partial charge is 0.496 e. The van der Waals surface area contributed by atoms with E-state index in [1.165, 1.54) is 5.01 Å². The molecule has 0 spiro atoms. The van der Waals surface area contributed by atoms with Crippen molar-refractivity contribution < 1.29 is 14.3 Å². The van der Waals surface area contributed by atoms with Crippen LogP contribution in [0.4, 0.5) is 5.95 Å². The number of nitrogens with one attached hydrogen (secondary N) is 2. The van der Waals surface area contributed by atoms with Gasteiger partial charge in [0.2, 0.25) is 5.95 Å². The second-order valence-corrected chi connectivity index (χ2v) is 6.84. The molecule has 2 aliphatic heterocycles. The minimum atomic E-state index is -0.791. The SMILES string of the molecule is COc1ccccc1C1CC(=O)C2C(=O)N(c3nc(C)cc(C)n3)NC2N1. The van der Waals surface area contributed by atoms with Crippen molar-refractivity contribution >= 4 is 17.6 Å². The third-order valence-corrected chi connectivity index (χ3v) is 4.91. The number of hydrogen-bond donors (Lipinski definition) is 2. The second kappa shape index (κ2) is 6.71. The number of aryl methyl sites for hydroxylation is 2. The van der Waals surface area contributed by atoms with Gasteiger partial charge in [0.1, 0.15) is 17.5 Å². The van der Waals surface area contributed by atoms with Gasteiger partial charge in [-0.05, 0) is 26.0 Å². The molecule has 2 saturated heterocycles. The Hall–Kier alpha value is -2.84. The second-order valence-electron chi connectivity index (χ2n) is 6.84. The van der Waals surface area contributed by atoms with Crippen molar-refractivity contribution in [3.05, 3.63) is 47.3 Å². The molecule has 3 heterocycles. The van der Waals surface area contributed by atoms with E-state index in [2.05, 4.69) is 20.7 Å². The van der Waals surface area contributed by atoms with Gasteiger partial charge in [-0.2, -0.15) is 0 Å². The van der Waals surface area contributed by atoms with Crippen LogP contribution in [0.3, 0.4) is 0 Å². The summed E-state index contributed by atoms with van der Waals surface area (Å²) in [4.78, 5) is 34.3. The Kier molecular flexibility index (Phi) is 4.37. The van der Waals surface area contributed by atoms with E-state index in [4.69, 9.17) is 4.74 Å². The van der Waals surface area contributed by atoms with Gasteiger partial charge in [-0.25, -0.2) is 20.4 Å². The summed E-state index contributed by atoms with van der Waals surface area (Å²) in [6.45, 7) is 3.68. The normalized spacial score (nSPS) is 24.9. The lowest BCUT2D eigenvalue weighted by Crippen LogP contribution is -2.52. The molecule has 1 aromatic carbocycles. The first-order valence-corrected chi connectivity index (χ1v) is 8.82. The highest BCUT2D eigenvalue weighted by atomic mass is 16.5. The molecule has 0 saturated carbocycles. The standard InChI is InChI=1S/C19H21N5O3/c1-10-8-11(2)21-19(20-10)24-18(26)16-14(25)9-13(22-17(16)23-24)12-6-4-5-7-15(12)27-3/h4-8,13,16-17,22-23H,9H2,1-3H3. The third kappa shape index (κ3) is 3.07. The molecule has 8 heteroatoms. The smallest absolute Gasteiger partial charge is 0.257 e. The van der Waals surface area contributed by atoms with Crippen LogP contribution in [0.15, 0.2) is 30.3 Å². The highest BCUT2D eigenvalue weighted by Gasteiger charge is 2.50. The highest BCUT2D eigenvalue weighted by molar-refractivity contribution is 6.10. The predicted molar refractivity (Wildman–Crippen MR) is 97.9 cm³/mol. The number of anilines is 1. The molecule has 0 aliphatic carbocycles. The topological polar surface area (TPSA) is 96.5 Å². The summed E-state index contributed by atoms with van der Waals surface area (Å²) in [5.74, 6) is -0.268. The maximum atomic E-state index is 12.8. The summed E-state index contributed by atoms with van der Waals surface area (Å²) in [7, 11) is 1.60. The lowest BCUT2D eigenvalue weighted by molar-refractivity contribution is -0.133. The maximum Gasteiger partial charge on any atom is 0.257 e. The average molecular weight is 367 g/mol. The number of benzene rings is 1. The Labute approximate surface area is 156 Å². The molecule has 8 nitrogen and oxygen atoms in total. The molecule has 0 radical (unpaired) electrons. The van der Waals surface area contributed by atoms with E-state index >= 15 is 0 Å². The average Bonchev–Trinajstić information content (AvgIpc) is 2.98. The summed E-state index contributed by atoms with van der Waals surface area (Å²) in [5.41, 5.74) is 5.47. The van der Waals surface area contributed by atoms with Crippen LogP contribution in [-0.2, 0) is 9.59 Å². The van der Waals surface area contributed by atoms with Gasteiger partial charge in [-0.15, -0.1) is 0 Å². The van der Waals surface area contributed by atoms with Gasteiger partial charge in [0.25, 0.3) is 5.91 Å². The van der Waals surface area contributed by atoms with Crippen molar-refractivity contribution in [2.75, 3.05) is 12.1 Å². The number of Topliss-reactive ketones (excluding diaryl/α,β-unsaturated/α-hetero) is 1. The fourth-order valence-electron chi connectivity index (χ4n) is 3.74. The minimum Gasteiger partial charge on any atom is -0.496 e. The van der Waals surface area contributed by atoms with Crippen molar-refractivity contribution in [2.45, 2.75) is 32.5 Å². The monoisotopic (exact) mass is 367 g/mol. The molecule has 3 unspecified atom stereocenters. The van der Waals surface area contributed by atoms with Gasteiger partial charge in [0.05, 0.1) is 13.3 Å². The number of nitrogens with zero attached hydrogens (tertiary/aromatic N) is 3. The van der Waals surface area contributed by atoms with Crippen LogP contribution >= 0.6 is 0 Å². The van der Waals surface area contributed by atoms with Crippen LogP contribution in [0.5, 0.6) is 5.75 Å². The summed E-state index contributed by atoms with van der Waals surface area (Å²) in [5, 5.41) is 4.65. The van der Waals surface area contributed by atoms with E-state index in [0.717, 1.165) is 17.0 Å². The number of methoxy groups -OCH3 is 1. The molecule has 0 bridgehead atoms. The van der Waals surface area contributed by atoms with Gasteiger partial charge in [-0.1, -0.05) is 18.2 Å². The van der Waals surface area contributed by atoms with E-state index in [0.29, 0.717) is 5.75 Å². The molecule has 2 fully saturated rings. The summed E-state index contributed by atoms with van der Waals surface area (Å²) in [6, 6.07) is 9.15. The Morgan fingerprint density at radius 2 is 1.85 bits per heavy atom. The number of ether oxygens (including phenoxy) is 1. The van der Waals surface area contributed by atoms with Crippen LogP contribution in [-0.4, -0.2) is 34.9 Å². The van der Waals surface area contributed by atoms with Crippen molar-refractivity contribution in [2.24, 2.45) is 5.92 Å². The van der Waals surface area contributed by atoms with Crippen LogP contribution in [0.2, 0.25) is 0 Å². The molecule has 2 N–H and O–H groups in total. The van der Waals surface area contributed by atoms with Crippen molar-refractivity contribution in [1.29, 1.82) is 0 Å². The molecule has 140 valence electrons. The first kappa shape index (κ1) is 17.6. The number of hydrazine groups is 1. The van der Waals surface area contributed by atoms with Crippen LogP contribution in [0, 0.1) is 19.8 Å². The number of rotatable bonds is 3. The molecule has 2 aliphatic rings. The number of fused-ring (bicyclic) bond motifs is 1. The molecule has 2 aromatic rings. The summed E-state index contributed by atoms with van der Waals surface area (Å²) in [6.07, 6.45) is -0.297. The van der Waals surface area contributed by atoms with Crippen LogP contribution < -0.4 is 20.5 Å². The van der Waals surface area contributed by atoms with Gasteiger partial charge in [0.15, 0.2) is 0 Å². The zero-order valence-corrected chi connectivity index (χ0v) is 15.4. The Morgan fingerprint density at radius 3 is 2.56 bits per heavy atom. The first-order valence-electron chi connectivity index (χ1n) is 8.82. The Morgan fingerprint density at radius 1 is 1.15 bits per heavy atom. The minimum absolute atomic E-state index is 0.112. The number of aromatic nitrogens is 2. The van der Waals surface area contributed by atoms with Crippen molar-refractivity contribution in [1.82, 2.24) is 20.7 Å². The van der Waals surface area contributed by atoms with Gasteiger partial charge in [0, 0.05) is 29.4 Å². The van der Waals surface area contributed by atoms with E-state index in [9.17, 15) is 9.59 Å². The summed E-state index contributed by atoms with van der Waals surface area (Å²) < 4.78 is 5.41. The maximum absolute atomic E-state index is 12.8. The zero-order valence-electron chi connectivity index (χ0n) is 15.4. The number of piperidine rings is 1. The molecule has 1 aromatic heterocycles. The number of carbonyl (C=O) groups excluding carboxylic acids is 2. The van der Waals surface area contributed by atoms with E-state index < -0.39 is 12.1 Å². The van der Waals surface area contributed by atoms with Crippen molar-refractivity contribution in [3.8, 4) is 5.75 Å². The third-order valence-electron chi connectivity index (χ3n) is 4.91. The number of para-hydroxylation sites is 1. The van der Waals surface area contributed by atoms with E-state index in [1.807, 2.05) is 44.2 Å². The lowest BCUT2D eigenvalue weighted by atomic mass is 9.87. The van der Waals surface area contributed by atoms with Crippen molar-refractivity contribution in [3.63, 3.8) is 0 Å². The number of ketones is 1. The fourth-order valence-corrected chi connectivity index (χ4v) is 3.74. The lowest BCUT2D eigenvalue weighted by Gasteiger charge is -2.31. The predicted octanol–water partition coefficient (Wildman–Crippen LogP) is 1.20. The molecule has 1 amide bonds. The number of carbonyl (C=O) groups is 2. The van der Waals surface area contributed by atoms with Gasteiger partial charge >= 0.3 is 0 Å². The quantitative estimate of drug-likeness (QED) is 0.787. The molecular weight excluding hydrogens is 346 g/mol.